The third kappa shape index (κ3) is 4.29. The maximum absolute atomic E-state index is 12.4. The van der Waals surface area contributed by atoms with Crippen LogP contribution >= 0.6 is 0 Å². The van der Waals surface area contributed by atoms with Gasteiger partial charge in [-0.15, -0.1) is 0 Å². The summed E-state index contributed by atoms with van der Waals surface area (Å²) < 4.78 is 32.8. The van der Waals surface area contributed by atoms with Gasteiger partial charge in [0.25, 0.3) is 0 Å². The van der Waals surface area contributed by atoms with E-state index in [-0.39, 0.29) is 4.90 Å². The summed E-state index contributed by atoms with van der Waals surface area (Å²) in [6.07, 6.45) is 2.54. The van der Waals surface area contributed by atoms with E-state index in [1.807, 2.05) is 13.0 Å². The molecule has 2 rings (SSSR count). The second-order valence-electron chi connectivity index (χ2n) is 4.92. The fourth-order valence-electron chi connectivity index (χ4n) is 1.93. The number of aromatic nitrogens is 1. The van der Waals surface area contributed by atoms with Crippen molar-refractivity contribution < 1.29 is 13.2 Å². The quantitative estimate of drug-likeness (QED) is 0.851. The molecule has 0 amide bonds. The number of hydrogen-bond donors (Lipinski definition) is 1. The maximum Gasteiger partial charge on any atom is 0.241 e. The Morgan fingerprint density at radius 3 is 2.50 bits per heavy atom. The number of benzene rings is 1. The number of sulfonamides is 1. The van der Waals surface area contributed by atoms with Crippen molar-refractivity contribution in [1.29, 1.82) is 0 Å². The zero-order valence-corrected chi connectivity index (χ0v) is 13.5. The largest absolute Gasteiger partial charge is 0.494 e. The van der Waals surface area contributed by atoms with Crippen LogP contribution in [-0.4, -0.2) is 20.0 Å². The second-order valence-corrected chi connectivity index (χ2v) is 6.63. The first-order chi connectivity index (χ1) is 10.5. The van der Waals surface area contributed by atoms with E-state index in [0.717, 1.165) is 6.42 Å². The third-order valence-electron chi connectivity index (χ3n) is 3.07. The Morgan fingerprint density at radius 2 is 1.91 bits per heavy atom. The third-order valence-corrected chi connectivity index (χ3v) is 4.63. The molecular weight excluding hydrogens is 300 g/mol. The van der Waals surface area contributed by atoms with Gasteiger partial charge in [0.05, 0.1) is 23.2 Å². The van der Waals surface area contributed by atoms with Gasteiger partial charge in [0.2, 0.25) is 10.0 Å². The lowest BCUT2D eigenvalue weighted by Crippen LogP contribution is -2.27. The fraction of sp³-hybridized carbons (Fsp3) is 0.312. The molecule has 1 atom stereocenters. The maximum atomic E-state index is 12.4. The van der Waals surface area contributed by atoms with Crippen molar-refractivity contribution >= 4 is 10.0 Å². The minimum absolute atomic E-state index is 0.208. The number of pyridine rings is 1. The van der Waals surface area contributed by atoms with Gasteiger partial charge < -0.3 is 4.74 Å². The second kappa shape index (κ2) is 7.38. The lowest BCUT2D eigenvalue weighted by Gasteiger charge is -2.14. The highest BCUT2D eigenvalue weighted by Crippen LogP contribution is 2.18. The highest BCUT2D eigenvalue weighted by atomic mass is 32.2. The van der Waals surface area contributed by atoms with Crippen LogP contribution in [0.5, 0.6) is 5.75 Å². The Hall–Kier alpha value is -1.92. The van der Waals surface area contributed by atoms with Crippen LogP contribution in [0.4, 0.5) is 0 Å². The minimum Gasteiger partial charge on any atom is -0.494 e. The van der Waals surface area contributed by atoms with Crippen molar-refractivity contribution in [2.75, 3.05) is 6.61 Å². The van der Waals surface area contributed by atoms with Crippen molar-refractivity contribution in [2.24, 2.45) is 0 Å². The van der Waals surface area contributed by atoms with Gasteiger partial charge in [0.15, 0.2) is 0 Å². The summed E-state index contributed by atoms with van der Waals surface area (Å²) in [7, 11) is -3.59. The van der Waals surface area contributed by atoms with Crippen LogP contribution in [0.1, 0.15) is 32.0 Å². The van der Waals surface area contributed by atoms with E-state index in [1.165, 1.54) is 0 Å². The van der Waals surface area contributed by atoms with Gasteiger partial charge in [-0.3, -0.25) is 4.98 Å². The molecule has 2 aromatic rings. The molecule has 5 nitrogen and oxygen atoms in total. The monoisotopic (exact) mass is 320 g/mol. The average molecular weight is 320 g/mol. The lowest BCUT2D eigenvalue weighted by atomic mass is 10.2. The first-order valence-electron chi connectivity index (χ1n) is 7.19. The normalized spacial score (nSPS) is 12.8. The molecule has 0 aliphatic heterocycles. The highest BCUT2D eigenvalue weighted by Gasteiger charge is 2.18. The zero-order chi connectivity index (χ0) is 16.0. The molecule has 0 aliphatic rings. The molecule has 0 saturated carbocycles. The van der Waals surface area contributed by atoms with Crippen molar-refractivity contribution in [3.05, 3.63) is 54.4 Å². The molecule has 1 heterocycles. The number of rotatable bonds is 7. The van der Waals surface area contributed by atoms with E-state index in [9.17, 15) is 8.42 Å². The van der Waals surface area contributed by atoms with Gasteiger partial charge in [-0.05, 0) is 49.7 Å². The van der Waals surface area contributed by atoms with Crippen molar-refractivity contribution in [3.63, 3.8) is 0 Å². The topological polar surface area (TPSA) is 68.3 Å². The van der Waals surface area contributed by atoms with E-state index < -0.39 is 16.1 Å². The smallest absolute Gasteiger partial charge is 0.241 e. The molecule has 0 spiro atoms. The van der Waals surface area contributed by atoms with Gasteiger partial charge in [-0.1, -0.05) is 13.0 Å². The van der Waals surface area contributed by atoms with Gasteiger partial charge in [-0.25, -0.2) is 13.1 Å². The molecule has 0 fully saturated rings. The van der Waals surface area contributed by atoms with Gasteiger partial charge in [-0.2, -0.15) is 0 Å². The Balaban J connectivity index is 2.10. The number of nitrogens with one attached hydrogen (secondary N) is 1. The summed E-state index contributed by atoms with van der Waals surface area (Å²) >= 11 is 0. The van der Waals surface area contributed by atoms with Crippen LogP contribution in [0.15, 0.2) is 53.6 Å². The molecular formula is C16H20N2O3S. The summed E-state index contributed by atoms with van der Waals surface area (Å²) in [5.74, 6) is 0.665. The van der Waals surface area contributed by atoms with Gasteiger partial charge in [0.1, 0.15) is 5.75 Å². The van der Waals surface area contributed by atoms with Crippen molar-refractivity contribution in [3.8, 4) is 5.75 Å². The molecule has 0 saturated heterocycles. The Kier molecular flexibility index (Phi) is 5.51. The summed E-state index contributed by atoms with van der Waals surface area (Å²) in [5.41, 5.74) is 0.675. The summed E-state index contributed by atoms with van der Waals surface area (Å²) in [4.78, 5) is 4.36. The SMILES string of the molecule is CCCOc1ccc(S(=O)(=O)N[C@@H](C)c2ccccn2)cc1. The molecule has 1 aromatic carbocycles. The number of ether oxygens (including phenoxy) is 1. The highest BCUT2D eigenvalue weighted by molar-refractivity contribution is 7.89. The molecule has 1 aromatic heterocycles. The predicted molar refractivity (Wildman–Crippen MR) is 85.2 cm³/mol. The Bertz CT molecular complexity index is 685. The summed E-state index contributed by atoms with van der Waals surface area (Å²) in [6.45, 7) is 4.39. The first kappa shape index (κ1) is 16.5. The van der Waals surface area contributed by atoms with Crippen LogP contribution in [0, 0.1) is 0 Å². The molecule has 6 heteroatoms. The standard InChI is InChI=1S/C16H20N2O3S/c1-3-12-21-14-7-9-15(10-8-14)22(19,20)18-13(2)16-6-4-5-11-17-16/h4-11,13,18H,3,12H2,1-2H3/t13-/m0/s1. The van der Waals surface area contributed by atoms with E-state index in [4.69, 9.17) is 4.74 Å². The molecule has 1 N–H and O–H groups in total. The Labute approximate surface area is 131 Å². The van der Waals surface area contributed by atoms with Crippen LogP contribution in [-0.2, 0) is 10.0 Å². The molecule has 0 aliphatic carbocycles. The van der Waals surface area contributed by atoms with Crippen LogP contribution in [0.3, 0.4) is 0 Å². The molecule has 22 heavy (non-hydrogen) atoms. The first-order valence-corrected chi connectivity index (χ1v) is 8.67. The predicted octanol–water partition coefficient (Wildman–Crippen LogP) is 2.91. The van der Waals surface area contributed by atoms with E-state index in [0.29, 0.717) is 18.1 Å². The average Bonchev–Trinajstić information content (AvgIpc) is 2.53. The van der Waals surface area contributed by atoms with Crippen molar-refractivity contribution in [2.45, 2.75) is 31.2 Å². The van der Waals surface area contributed by atoms with E-state index >= 15 is 0 Å². The summed E-state index contributed by atoms with van der Waals surface area (Å²) in [5, 5.41) is 0. The van der Waals surface area contributed by atoms with Crippen LogP contribution in [0.2, 0.25) is 0 Å². The molecule has 0 bridgehead atoms. The molecule has 0 radical (unpaired) electrons. The summed E-state index contributed by atoms with van der Waals surface area (Å²) in [6, 6.07) is 11.4. The number of hydrogen-bond acceptors (Lipinski definition) is 4. The van der Waals surface area contributed by atoms with Crippen molar-refractivity contribution in [1.82, 2.24) is 9.71 Å². The van der Waals surface area contributed by atoms with Crippen LogP contribution < -0.4 is 9.46 Å². The van der Waals surface area contributed by atoms with Gasteiger partial charge >= 0.3 is 0 Å². The van der Waals surface area contributed by atoms with Gasteiger partial charge in [0, 0.05) is 6.20 Å². The Morgan fingerprint density at radius 1 is 1.18 bits per heavy atom. The fourth-order valence-corrected chi connectivity index (χ4v) is 3.14. The lowest BCUT2D eigenvalue weighted by molar-refractivity contribution is 0.317. The van der Waals surface area contributed by atoms with E-state index in [2.05, 4.69) is 9.71 Å². The minimum atomic E-state index is -3.59. The van der Waals surface area contributed by atoms with Crippen LogP contribution in [0.25, 0.3) is 0 Å². The van der Waals surface area contributed by atoms with E-state index in [1.54, 1.807) is 49.5 Å². The number of nitrogens with zero attached hydrogens (tertiary/aromatic N) is 1. The zero-order valence-electron chi connectivity index (χ0n) is 12.7. The molecule has 118 valence electrons. The molecule has 0 unspecified atom stereocenters.